The Balaban J connectivity index is 2.04. The summed E-state index contributed by atoms with van der Waals surface area (Å²) >= 11 is 0. The maximum absolute atomic E-state index is 11.2. The van der Waals surface area contributed by atoms with Gasteiger partial charge in [0, 0.05) is 17.3 Å². The van der Waals surface area contributed by atoms with E-state index in [1.165, 1.54) is 0 Å². The van der Waals surface area contributed by atoms with Crippen molar-refractivity contribution in [2.24, 2.45) is 0 Å². The van der Waals surface area contributed by atoms with Crippen molar-refractivity contribution in [1.29, 1.82) is 0 Å². The van der Waals surface area contributed by atoms with Crippen LogP contribution in [-0.4, -0.2) is 27.7 Å². The maximum Gasteiger partial charge on any atom is 0.335 e. The Hall–Kier alpha value is -3.21. The summed E-state index contributed by atoms with van der Waals surface area (Å²) < 4.78 is 5.52. The van der Waals surface area contributed by atoms with E-state index < -0.39 is 5.97 Å². The molecular weight excluding hydrogens is 352 g/mol. The lowest BCUT2D eigenvalue weighted by Crippen LogP contribution is -2.00. The van der Waals surface area contributed by atoms with Crippen LogP contribution in [0.4, 0.5) is 0 Å². The summed E-state index contributed by atoms with van der Waals surface area (Å²) in [7, 11) is 0. The van der Waals surface area contributed by atoms with Crippen molar-refractivity contribution < 1.29 is 14.6 Å². The SMILES string of the molecule is CCCCc1cnc(-c2ccc(OCC)cc2)c(-c2ccc(C(=O)O)cc2)n1. The van der Waals surface area contributed by atoms with E-state index in [1.807, 2.05) is 37.4 Å². The van der Waals surface area contributed by atoms with Gasteiger partial charge in [0.2, 0.25) is 0 Å². The average molecular weight is 376 g/mol. The summed E-state index contributed by atoms with van der Waals surface area (Å²) in [6, 6.07) is 14.5. The molecule has 3 rings (SSSR count). The van der Waals surface area contributed by atoms with Crippen LogP contribution in [0.3, 0.4) is 0 Å². The van der Waals surface area contributed by atoms with Gasteiger partial charge in [0.15, 0.2) is 0 Å². The van der Waals surface area contributed by atoms with Crippen molar-refractivity contribution in [1.82, 2.24) is 9.97 Å². The van der Waals surface area contributed by atoms with Crippen molar-refractivity contribution in [3.8, 4) is 28.3 Å². The zero-order chi connectivity index (χ0) is 19.9. The third-order valence-corrected chi connectivity index (χ3v) is 4.45. The highest BCUT2D eigenvalue weighted by Gasteiger charge is 2.13. The minimum absolute atomic E-state index is 0.251. The smallest absolute Gasteiger partial charge is 0.335 e. The lowest BCUT2D eigenvalue weighted by atomic mass is 10.0. The molecule has 1 N–H and O–H groups in total. The molecule has 0 spiro atoms. The molecule has 28 heavy (non-hydrogen) atoms. The fourth-order valence-corrected chi connectivity index (χ4v) is 2.96. The van der Waals surface area contributed by atoms with Gasteiger partial charge in [-0.1, -0.05) is 25.5 Å². The molecule has 0 unspecified atom stereocenters. The number of carboxylic acid groups (broad SMARTS) is 1. The van der Waals surface area contributed by atoms with Crippen LogP contribution in [0.2, 0.25) is 0 Å². The van der Waals surface area contributed by atoms with Crippen LogP contribution in [0.15, 0.2) is 54.7 Å². The second kappa shape index (κ2) is 9.13. The molecule has 0 aliphatic rings. The summed E-state index contributed by atoms with van der Waals surface area (Å²) in [5.74, 6) is -0.132. The molecule has 0 atom stereocenters. The van der Waals surface area contributed by atoms with Gasteiger partial charge in [-0.2, -0.15) is 0 Å². The Labute approximate surface area is 165 Å². The zero-order valence-corrected chi connectivity index (χ0v) is 16.2. The predicted octanol–water partition coefficient (Wildman–Crippen LogP) is 5.25. The van der Waals surface area contributed by atoms with Crippen molar-refractivity contribution in [2.45, 2.75) is 33.1 Å². The molecule has 0 aliphatic carbocycles. The molecule has 5 heteroatoms. The highest BCUT2D eigenvalue weighted by Crippen LogP contribution is 2.30. The van der Waals surface area contributed by atoms with Crippen molar-refractivity contribution in [3.05, 3.63) is 66.0 Å². The number of aromatic carboxylic acids is 1. The fourth-order valence-electron chi connectivity index (χ4n) is 2.96. The molecule has 0 amide bonds. The molecule has 144 valence electrons. The van der Waals surface area contributed by atoms with Crippen molar-refractivity contribution >= 4 is 5.97 Å². The van der Waals surface area contributed by atoms with Gasteiger partial charge in [-0.3, -0.25) is 4.98 Å². The van der Waals surface area contributed by atoms with Gasteiger partial charge in [-0.15, -0.1) is 0 Å². The summed E-state index contributed by atoms with van der Waals surface area (Å²) in [4.78, 5) is 20.7. The fraction of sp³-hybridized carbons (Fsp3) is 0.261. The summed E-state index contributed by atoms with van der Waals surface area (Å²) in [6.07, 6.45) is 4.84. The lowest BCUT2D eigenvalue weighted by molar-refractivity contribution is 0.0697. The molecule has 0 fully saturated rings. The molecule has 0 saturated heterocycles. The average Bonchev–Trinajstić information content (AvgIpc) is 2.73. The highest BCUT2D eigenvalue weighted by atomic mass is 16.5. The van der Waals surface area contributed by atoms with E-state index >= 15 is 0 Å². The third kappa shape index (κ3) is 4.55. The molecular formula is C23H24N2O3. The van der Waals surface area contributed by atoms with Crippen LogP contribution >= 0.6 is 0 Å². The molecule has 1 aromatic heterocycles. The number of aromatic nitrogens is 2. The van der Waals surface area contributed by atoms with Gasteiger partial charge in [0.25, 0.3) is 0 Å². The number of nitrogens with zero attached hydrogens (tertiary/aromatic N) is 2. The van der Waals surface area contributed by atoms with E-state index in [2.05, 4.69) is 6.92 Å². The third-order valence-electron chi connectivity index (χ3n) is 4.45. The maximum atomic E-state index is 11.2. The van der Waals surface area contributed by atoms with Crippen LogP contribution < -0.4 is 4.74 Å². The van der Waals surface area contributed by atoms with Crippen LogP contribution in [0.25, 0.3) is 22.5 Å². The van der Waals surface area contributed by atoms with Gasteiger partial charge in [-0.05, 0) is 56.2 Å². The van der Waals surface area contributed by atoms with E-state index in [1.54, 1.807) is 24.3 Å². The molecule has 0 saturated carbocycles. The first kappa shape index (κ1) is 19.5. The lowest BCUT2D eigenvalue weighted by Gasteiger charge is -2.12. The van der Waals surface area contributed by atoms with Crippen molar-refractivity contribution in [2.75, 3.05) is 6.61 Å². The number of carboxylic acids is 1. The second-order valence-electron chi connectivity index (χ2n) is 6.50. The van der Waals surface area contributed by atoms with Crippen LogP contribution in [0, 0.1) is 0 Å². The minimum atomic E-state index is -0.943. The molecule has 3 aromatic rings. The van der Waals surface area contributed by atoms with Gasteiger partial charge >= 0.3 is 5.97 Å². The zero-order valence-electron chi connectivity index (χ0n) is 16.2. The van der Waals surface area contributed by atoms with Crippen molar-refractivity contribution in [3.63, 3.8) is 0 Å². The van der Waals surface area contributed by atoms with Crippen LogP contribution in [-0.2, 0) is 6.42 Å². The summed E-state index contributed by atoms with van der Waals surface area (Å²) in [5, 5.41) is 9.15. The molecule has 0 bridgehead atoms. The molecule has 0 aliphatic heterocycles. The molecule has 0 radical (unpaired) electrons. The Kier molecular flexibility index (Phi) is 6.37. The standard InChI is InChI=1S/C23H24N2O3/c1-3-5-6-19-15-24-21(16-11-13-20(14-12-16)28-4-2)22(25-19)17-7-9-18(10-8-17)23(26)27/h7-15H,3-6H2,1-2H3,(H,26,27). The molecule has 1 heterocycles. The topological polar surface area (TPSA) is 72.3 Å². The van der Waals surface area contributed by atoms with E-state index in [0.29, 0.717) is 6.61 Å². The number of aryl methyl sites for hydroxylation is 1. The predicted molar refractivity (Wildman–Crippen MR) is 110 cm³/mol. The normalized spacial score (nSPS) is 10.6. The van der Waals surface area contributed by atoms with Gasteiger partial charge in [-0.25, -0.2) is 9.78 Å². The number of ether oxygens (including phenoxy) is 1. The highest BCUT2D eigenvalue weighted by molar-refractivity contribution is 5.88. The van der Waals surface area contributed by atoms with Crippen LogP contribution in [0.5, 0.6) is 5.75 Å². The quantitative estimate of drug-likeness (QED) is 0.581. The number of rotatable bonds is 8. The second-order valence-corrected chi connectivity index (χ2v) is 6.50. The first-order chi connectivity index (χ1) is 13.6. The number of benzene rings is 2. The summed E-state index contributed by atoms with van der Waals surface area (Å²) in [5.41, 5.74) is 4.51. The van der Waals surface area contributed by atoms with Gasteiger partial charge < -0.3 is 9.84 Å². The Morgan fingerprint density at radius 2 is 1.61 bits per heavy atom. The number of carbonyl (C=O) groups is 1. The molecule has 5 nitrogen and oxygen atoms in total. The van der Waals surface area contributed by atoms with E-state index in [9.17, 15) is 4.79 Å². The minimum Gasteiger partial charge on any atom is -0.494 e. The van der Waals surface area contributed by atoms with E-state index in [-0.39, 0.29) is 5.56 Å². The number of hydrogen-bond acceptors (Lipinski definition) is 4. The van der Waals surface area contributed by atoms with Gasteiger partial charge in [0.1, 0.15) is 5.75 Å². The number of unbranched alkanes of at least 4 members (excludes halogenated alkanes) is 1. The number of hydrogen-bond donors (Lipinski definition) is 1. The Morgan fingerprint density at radius 1 is 0.964 bits per heavy atom. The Bertz CT molecular complexity index is 935. The van der Waals surface area contributed by atoms with E-state index in [4.69, 9.17) is 19.8 Å². The monoisotopic (exact) mass is 376 g/mol. The summed E-state index contributed by atoms with van der Waals surface area (Å²) in [6.45, 7) is 4.72. The Morgan fingerprint density at radius 3 is 2.21 bits per heavy atom. The van der Waals surface area contributed by atoms with Crippen LogP contribution in [0.1, 0.15) is 42.7 Å². The van der Waals surface area contributed by atoms with Gasteiger partial charge in [0.05, 0.1) is 29.3 Å². The molecule has 2 aromatic carbocycles. The largest absolute Gasteiger partial charge is 0.494 e. The first-order valence-corrected chi connectivity index (χ1v) is 9.55. The van der Waals surface area contributed by atoms with E-state index in [0.717, 1.165) is 53.2 Å². The first-order valence-electron chi connectivity index (χ1n) is 9.55.